The van der Waals surface area contributed by atoms with E-state index in [-0.39, 0.29) is 28.4 Å². The zero-order valence-corrected chi connectivity index (χ0v) is 20.1. The van der Waals surface area contributed by atoms with Crippen LogP contribution in [0.15, 0.2) is 65.8 Å². The van der Waals surface area contributed by atoms with Crippen LogP contribution >= 0.6 is 0 Å². The van der Waals surface area contributed by atoms with Gasteiger partial charge in [0.2, 0.25) is 5.95 Å². The van der Waals surface area contributed by atoms with E-state index in [9.17, 15) is 12.8 Å². The second-order valence-electron chi connectivity index (χ2n) is 8.59. The number of hydrogen-bond donors (Lipinski definition) is 2. The molecule has 3 heterocycles. The van der Waals surface area contributed by atoms with Crippen molar-refractivity contribution < 1.29 is 12.8 Å². The average molecular weight is 491 g/mol. The average Bonchev–Trinajstić information content (AvgIpc) is 3.19. The summed E-state index contributed by atoms with van der Waals surface area (Å²) in [5.74, 6) is -0.397. The number of nitrogen functional groups attached to an aromatic ring is 1. The molecule has 5 rings (SSSR count). The third-order valence-corrected chi connectivity index (χ3v) is 6.92. The number of halogens is 1. The summed E-state index contributed by atoms with van der Waals surface area (Å²) in [6.07, 6.45) is 4.77. The van der Waals surface area contributed by atoms with Gasteiger partial charge >= 0.3 is 0 Å². The Bertz CT molecular complexity index is 1710. The van der Waals surface area contributed by atoms with Gasteiger partial charge < -0.3 is 15.6 Å². The Morgan fingerprint density at radius 3 is 2.57 bits per heavy atom. The first-order valence-electron chi connectivity index (χ1n) is 10.9. The highest BCUT2D eigenvalue weighted by Crippen LogP contribution is 2.38. The van der Waals surface area contributed by atoms with E-state index in [1.807, 2.05) is 54.9 Å². The van der Waals surface area contributed by atoms with E-state index < -0.39 is 15.7 Å². The third kappa shape index (κ3) is 4.06. The number of nitrogens with one attached hydrogen (secondary N) is 1. The lowest BCUT2D eigenvalue weighted by atomic mass is 10.0. The van der Waals surface area contributed by atoms with Crippen molar-refractivity contribution in [1.29, 1.82) is 0 Å². The van der Waals surface area contributed by atoms with Crippen molar-refractivity contribution in [2.45, 2.75) is 24.8 Å². The first kappa shape index (κ1) is 22.7. The summed E-state index contributed by atoms with van der Waals surface area (Å²) < 4.78 is 40.1. The Morgan fingerprint density at radius 2 is 1.86 bits per heavy atom. The van der Waals surface area contributed by atoms with E-state index in [4.69, 9.17) is 5.73 Å². The molecule has 0 unspecified atom stereocenters. The zero-order chi connectivity index (χ0) is 24.9. The van der Waals surface area contributed by atoms with Crippen LogP contribution in [0.25, 0.3) is 33.1 Å². The van der Waals surface area contributed by atoms with Crippen LogP contribution in [0, 0.1) is 5.82 Å². The van der Waals surface area contributed by atoms with Gasteiger partial charge in [-0.05, 0) is 49.7 Å². The number of aromatic nitrogens is 4. The van der Waals surface area contributed by atoms with Gasteiger partial charge in [-0.1, -0.05) is 18.2 Å². The third-order valence-electron chi connectivity index (χ3n) is 5.81. The lowest BCUT2D eigenvalue weighted by molar-refractivity contribution is 0.596. The molecule has 0 spiro atoms. The molecule has 0 amide bonds. The maximum Gasteiger partial charge on any atom is 0.231 e. The van der Waals surface area contributed by atoms with Crippen molar-refractivity contribution in [3.05, 3.63) is 66.7 Å². The van der Waals surface area contributed by atoms with Gasteiger partial charge in [0.1, 0.15) is 17.3 Å². The molecule has 0 radical (unpaired) electrons. The van der Waals surface area contributed by atoms with E-state index in [0.717, 1.165) is 34.4 Å². The van der Waals surface area contributed by atoms with Crippen molar-refractivity contribution in [3.8, 4) is 11.1 Å². The normalized spacial score (nSPS) is 12.0. The van der Waals surface area contributed by atoms with Crippen LogP contribution in [0.1, 0.15) is 19.9 Å². The Balaban J connectivity index is 1.66. The first-order chi connectivity index (χ1) is 16.6. The molecule has 10 heteroatoms. The molecule has 5 aromatic rings. The SMILES string of the molecule is CC(C)n1cc(-c2cccc3ncccc23)c2c(N)nc(Nc3ccc(S(C)(=O)=O)cc3F)nc21. The monoisotopic (exact) mass is 490 g/mol. The first-order valence-corrected chi connectivity index (χ1v) is 12.8. The molecule has 0 saturated carbocycles. The van der Waals surface area contributed by atoms with E-state index >= 15 is 0 Å². The second-order valence-corrected chi connectivity index (χ2v) is 10.6. The van der Waals surface area contributed by atoms with Crippen LogP contribution in [-0.4, -0.2) is 34.2 Å². The Kier molecular flexibility index (Phi) is 5.40. The van der Waals surface area contributed by atoms with Crippen molar-refractivity contribution in [3.63, 3.8) is 0 Å². The molecule has 0 aliphatic carbocycles. The molecule has 8 nitrogen and oxygen atoms in total. The number of sulfone groups is 1. The Morgan fingerprint density at radius 1 is 1.06 bits per heavy atom. The Labute approximate surface area is 201 Å². The number of nitrogens with two attached hydrogens (primary N) is 1. The van der Waals surface area contributed by atoms with Gasteiger partial charge in [0.25, 0.3) is 0 Å². The van der Waals surface area contributed by atoms with Crippen LogP contribution in [0.3, 0.4) is 0 Å². The molecule has 178 valence electrons. The molecule has 0 bridgehead atoms. The van der Waals surface area contributed by atoms with Crippen LogP contribution in [0.4, 0.5) is 21.8 Å². The van der Waals surface area contributed by atoms with Crippen molar-refractivity contribution in [2.75, 3.05) is 17.3 Å². The minimum absolute atomic E-state index is 0.0409. The number of anilines is 3. The van der Waals surface area contributed by atoms with Gasteiger partial charge in [0.15, 0.2) is 9.84 Å². The molecule has 3 N–H and O–H groups in total. The molecule has 0 saturated heterocycles. The summed E-state index contributed by atoms with van der Waals surface area (Å²) in [5.41, 5.74) is 9.76. The summed E-state index contributed by atoms with van der Waals surface area (Å²) in [6.45, 7) is 4.06. The van der Waals surface area contributed by atoms with Crippen LogP contribution < -0.4 is 11.1 Å². The van der Waals surface area contributed by atoms with E-state index in [1.54, 1.807) is 6.20 Å². The molecular weight excluding hydrogens is 467 g/mol. The Hall–Kier alpha value is -4.05. The largest absolute Gasteiger partial charge is 0.383 e. The zero-order valence-electron chi connectivity index (χ0n) is 19.3. The number of pyridine rings is 1. The number of benzene rings is 2. The molecule has 2 aromatic carbocycles. The number of rotatable bonds is 5. The predicted octanol–water partition coefficient (Wildman–Crippen LogP) is 5.10. The molecule has 0 atom stereocenters. The fraction of sp³-hybridized carbons (Fsp3) is 0.160. The highest BCUT2D eigenvalue weighted by Gasteiger charge is 2.20. The summed E-state index contributed by atoms with van der Waals surface area (Å²) in [4.78, 5) is 13.4. The second kappa shape index (κ2) is 8.31. The molecule has 35 heavy (non-hydrogen) atoms. The predicted molar refractivity (Wildman–Crippen MR) is 136 cm³/mol. The maximum absolute atomic E-state index is 14.6. The maximum atomic E-state index is 14.6. The van der Waals surface area contributed by atoms with Gasteiger partial charge in [-0.25, -0.2) is 12.8 Å². The smallest absolute Gasteiger partial charge is 0.231 e. The summed E-state index contributed by atoms with van der Waals surface area (Å²) in [7, 11) is -3.53. The molecular formula is C25H23FN6O2S. The molecule has 0 fully saturated rings. The summed E-state index contributed by atoms with van der Waals surface area (Å²) in [5, 5.41) is 4.50. The van der Waals surface area contributed by atoms with Crippen molar-refractivity contribution in [1.82, 2.24) is 19.5 Å². The number of hydrogen-bond acceptors (Lipinski definition) is 7. The quantitative estimate of drug-likeness (QED) is 0.352. The summed E-state index contributed by atoms with van der Waals surface area (Å²) in [6, 6.07) is 13.5. The van der Waals surface area contributed by atoms with Crippen LogP contribution in [0.5, 0.6) is 0 Å². The van der Waals surface area contributed by atoms with Gasteiger partial charge in [-0.2, -0.15) is 9.97 Å². The van der Waals surface area contributed by atoms with Crippen LogP contribution in [0.2, 0.25) is 0 Å². The van der Waals surface area contributed by atoms with E-state index in [2.05, 4.69) is 20.3 Å². The minimum atomic E-state index is -3.53. The number of fused-ring (bicyclic) bond motifs is 2. The highest BCUT2D eigenvalue weighted by molar-refractivity contribution is 7.90. The molecule has 0 aliphatic rings. The topological polar surface area (TPSA) is 116 Å². The van der Waals surface area contributed by atoms with Crippen LogP contribution in [-0.2, 0) is 9.84 Å². The lowest BCUT2D eigenvalue weighted by Crippen LogP contribution is -2.06. The van der Waals surface area contributed by atoms with E-state index in [0.29, 0.717) is 11.0 Å². The van der Waals surface area contributed by atoms with Crippen molar-refractivity contribution in [2.24, 2.45) is 0 Å². The van der Waals surface area contributed by atoms with E-state index in [1.165, 1.54) is 12.1 Å². The lowest BCUT2D eigenvalue weighted by Gasteiger charge is -2.11. The minimum Gasteiger partial charge on any atom is -0.383 e. The molecule has 3 aromatic heterocycles. The fourth-order valence-corrected chi connectivity index (χ4v) is 4.75. The fourth-order valence-electron chi connectivity index (χ4n) is 4.12. The van der Waals surface area contributed by atoms with Gasteiger partial charge in [-0.15, -0.1) is 0 Å². The van der Waals surface area contributed by atoms with Gasteiger partial charge in [-0.3, -0.25) is 4.98 Å². The van der Waals surface area contributed by atoms with Gasteiger partial charge in [0, 0.05) is 35.6 Å². The number of nitrogens with zero attached hydrogens (tertiary/aromatic N) is 4. The van der Waals surface area contributed by atoms with Gasteiger partial charge in [0.05, 0.1) is 21.5 Å². The molecule has 0 aliphatic heterocycles. The van der Waals surface area contributed by atoms with Crippen molar-refractivity contribution >= 4 is 49.2 Å². The standard InChI is InChI=1S/C25H23FN6O2S/c1-14(2)32-13-18(16-6-4-8-20-17(16)7-5-11-28-20)22-23(27)30-25(31-24(22)32)29-21-10-9-15(12-19(21)26)35(3,33)34/h4-14H,1-3H3,(H3,27,29,30,31). The summed E-state index contributed by atoms with van der Waals surface area (Å²) >= 11 is 0. The highest BCUT2D eigenvalue weighted by atomic mass is 32.2.